The molecule has 0 saturated carbocycles. The van der Waals surface area contributed by atoms with Crippen LogP contribution in [-0.4, -0.2) is 22.6 Å². The first-order valence-electron chi connectivity index (χ1n) is 9.94. The number of carbonyl (C=O) groups excluding carboxylic acids is 1. The van der Waals surface area contributed by atoms with Crippen LogP contribution in [-0.2, 0) is 21.7 Å². The van der Waals surface area contributed by atoms with Crippen molar-refractivity contribution in [2.75, 3.05) is 7.11 Å². The van der Waals surface area contributed by atoms with Crippen LogP contribution in [0.5, 0.6) is 0 Å². The highest BCUT2D eigenvalue weighted by Crippen LogP contribution is 2.37. The molecule has 2 heterocycles. The van der Waals surface area contributed by atoms with Gasteiger partial charge in [-0.1, -0.05) is 56.3 Å². The van der Waals surface area contributed by atoms with E-state index >= 15 is 0 Å². The van der Waals surface area contributed by atoms with Gasteiger partial charge in [0.25, 0.3) is 5.56 Å². The molecule has 1 aromatic heterocycles. The van der Waals surface area contributed by atoms with E-state index in [-0.39, 0.29) is 17.4 Å². The number of methoxy groups -OCH3 is 1. The van der Waals surface area contributed by atoms with Gasteiger partial charge in [0.1, 0.15) is 6.04 Å². The van der Waals surface area contributed by atoms with Crippen LogP contribution in [0.4, 0.5) is 0 Å². The van der Waals surface area contributed by atoms with Gasteiger partial charge in [-0.25, -0.2) is 4.98 Å². The summed E-state index contributed by atoms with van der Waals surface area (Å²) in [5, 5.41) is 3.56. The van der Waals surface area contributed by atoms with Gasteiger partial charge < -0.3 is 10.1 Å². The first-order valence-corrected chi connectivity index (χ1v) is 9.94. The Balaban J connectivity index is 2.00. The Bertz CT molecular complexity index is 1110. The van der Waals surface area contributed by atoms with Crippen molar-refractivity contribution in [3.8, 4) is 0 Å². The summed E-state index contributed by atoms with van der Waals surface area (Å²) in [6.07, 6.45) is 1.15. The minimum Gasteiger partial charge on any atom is -0.352 e. The quantitative estimate of drug-likeness (QED) is 0.725. The number of benzene rings is 2. The van der Waals surface area contributed by atoms with Gasteiger partial charge in [0.15, 0.2) is 5.82 Å². The molecule has 3 aromatic rings. The van der Waals surface area contributed by atoms with E-state index in [1.807, 2.05) is 62.4 Å². The molecule has 0 spiro atoms. The van der Waals surface area contributed by atoms with Crippen molar-refractivity contribution in [3.63, 3.8) is 0 Å². The molecule has 3 atom stereocenters. The van der Waals surface area contributed by atoms with Crippen molar-refractivity contribution in [2.45, 2.75) is 38.5 Å². The maximum atomic E-state index is 13.5. The van der Waals surface area contributed by atoms with E-state index in [4.69, 9.17) is 9.72 Å². The zero-order valence-corrected chi connectivity index (χ0v) is 16.9. The molecule has 150 valence electrons. The lowest BCUT2D eigenvalue weighted by Gasteiger charge is -2.44. The number of hydrogen-bond donors (Lipinski definition) is 1. The topological polar surface area (TPSA) is 73.2 Å². The van der Waals surface area contributed by atoms with Gasteiger partial charge in [-0.15, -0.1) is 0 Å². The molecule has 1 amide bonds. The molecule has 6 nitrogen and oxygen atoms in total. The van der Waals surface area contributed by atoms with Gasteiger partial charge in [-0.2, -0.15) is 0 Å². The Morgan fingerprint density at radius 1 is 1.14 bits per heavy atom. The Morgan fingerprint density at radius 2 is 1.83 bits per heavy atom. The first kappa shape index (κ1) is 19.3. The standard InChI is InChI=1S/C23H25N3O3/c1-4-15(2)23(29-3)22-24-18-13-9-8-12-17(18)21(28)26(22)19(20(27)25-23)14-16-10-6-5-7-11-16/h5-13,15,19H,4,14H2,1-3H3,(H,25,27)/t15-,19+,23+/m0/s1. The number of hydrogen-bond acceptors (Lipinski definition) is 4. The first-order chi connectivity index (χ1) is 14.0. The van der Waals surface area contributed by atoms with E-state index < -0.39 is 11.8 Å². The highest BCUT2D eigenvalue weighted by atomic mass is 16.5. The van der Waals surface area contributed by atoms with E-state index in [2.05, 4.69) is 5.32 Å². The maximum Gasteiger partial charge on any atom is 0.262 e. The molecule has 1 aliphatic rings. The molecular weight excluding hydrogens is 366 g/mol. The number of carbonyl (C=O) groups is 1. The van der Waals surface area contributed by atoms with Gasteiger partial charge in [0.05, 0.1) is 10.9 Å². The lowest BCUT2D eigenvalue weighted by Crippen LogP contribution is -2.61. The normalized spacial score (nSPS) is 22.2. The number of fused-ring (bicyclic) bond motifs is 2. The van der Waals surface area contributed by atoms with Crippen molar-refractivity contribution >= 4 is 16.8 Å². The van der Waals surface area contributed by atoms with Crippen LogP contribution in [0.3, 0.4) is 0 Å². The number of para-hydroxylation sites is 1. The molecule has 0 unspecified atom stereocenters. The molecule has 0 aliphatic carbocycles. The van der Waals surface area contributed by atoms with E-state index in [0.717, 1.165) is 12.0 Å². The van der Waals surface area contributed by atoms with Gasteiger partial charge in [-0.05, 0) is 24.1 Å². The fourth-order valence-electron chi connectivity index (χ4n) is 4.13. The molecule has 0 radical (unpaired) electrons. The molecule has 6 heteroatoms. The maximum absolute atomic E-state index is 13.5. The fourth-order valence-corrected chi connectivity index (χ4v) is 4.13. The minimum atomic E-state index is -1.15. The minimum absolute atomic E-state index is 0.0755. The summed E-state index contributed by atoms with van der Waals surface area (Å²) in [6, 6.07) is 16.2. The van der Waals surface area contributed by atoms with Gasteiger partial charge >= 0.3 is 0 Å². The van der Waals surface area contributed by atoms with Crippen molar-refractivity contribution in [1.82, 2.24) is 14.9 Å². The largest absolute Gasteiger partial charge is 0.352 e. The summed E-state index contributed by atoms with van der Waals surface area (Å²) < 4.78 is 7.42. The van der Waals surface area contributed by atoms with Gasteiger partial charge in [0, 0.05) is 19.4 Å². The van der Waals surface area contributed by atoms with Gasteiger partial charge in [-0.3, -0.25) is 14.2 Å². The Morgan fingerprint density at radius 3 is 2.52 bits per heavy atom. The number of amides is 1. The fraction of sp³-hybridized carbons (Fsp3) is 0.348. The van der Waals surface area contributed by atoms with Crippen molar-refractivity contribution in [3.05, 3.63) is 76.3 Å². The summed E-state index contributed by atoms with van der Waals surface area (Å²) >= 11 is 0. The molecule has 2 aromatic carbocycles. The van der Waals surface area contributed by atoms with E-state index in [0.29, 0.717) is 23.1 Å². The molecule has 0 fully saturated rings. The second-order valence-corrected chi connectivity index (χ2v) is 7.57. The van der Waals surface area contributed by atoms with Crippen LogP contribution in [0.15, 0.2) is 59.4 Å². The lowest BCUT2D eigenvalue weighted by atomic mass is 9.89. The second kappa shape index (κ2) is 7.44. The SMILES string of the molecule is CC[C@H](C)[C@]1(OC)NC(=O)[C@@H](Cc2ccccc2)n2c1nc1ccccc1c2=O. The van der Waals surface area contributed by atoms with E-state index in [1.165, 1.54) is 0 Å². The lowest BCUT2D eigenvalue weighted by molar-refractivity contribution is -0.152. The molecule has 1 aliphatic heterocycles. The van der Waals surface area contributed by atoms with Crippen molar-refractivity contribution < 1.29 is 9.53 Å². The molecule has 0 bridgehead atoms. The highest BCUT2D eigenvalue weighted by Gasteiger charge is 2.49. The second-order valence-electron chi connectivity index (χ2n) is 7.57. The number of nitrogens with zero attached hydrogens (tertiary/aromatic N) is 2. The van der Waals surface area contributed by atoms with Gasteiger partial charge in [0.2, 0.25) is 11.6 Å². The van der Waals surface area contributed by atoms with Crippen LogP contribution in [0, 0.1) is 5.92 Å². The van der Waals surface area contributed by atoms with Crippen LogP contribution < -0.4 is 10.9 Å². The van der Waals surface area contributed by atoms with Crippen LogP contribution in [0.1, 0.15) is 37.7 Å². The third-order valence-corrected chi connectivity index (χ3v) is 5.96. The van der Waals surface area contributed by atoms with Crippen molar-refractivity contribution in [1.29, 1.82) is 0 Å². The average molecular weight is 391 g/mol. The summed E-state index contributed by atoms with van der Waals surface area (Å²) in [5.74, 6) is 0.148. The Labute approximate surface area is 169 Å². The Kier molecular flexibility index (Phi) is 4.96. The van der Waals surface area contributed by atoms with E-state index in [9.17, 15) is 9.59 Å². The molecular formula is C23H25N3O3. The summed E-state index contributed by atoms with van der Waals surface area (Å²) in [5.41, 5.74) is 0.212. The highest BCUT2D eigenvalue weighted by molar-refractivity contribution is 5.84. The van der Waals surface area contributed by atoms with Crippen LogP contribution in [0.25, 0.3) is 10.9 Å². The van der Waals surface area contributed by atoms with Crippen molar-refractivity contribution in [2.24, 2.45) is 5.92 Å². The number of nitrogens with one attached hydrogen (secondary N) is 1. The monoisotopic (exact) mass is 391 g/mol. The smallest absolute Gasteiger partial charge is 0.262 e. The molecule has 1 N–H and O–H groups in total. The third-order valence-electron chi connectivity index (χ3n) is 5.96. The number of rotatable bonds is 5. The number of ether oxygens (including phenoxy) is 1. The zero-order chi connectivity index (χ0) is 20.6. The third kappa shape index (κ3) is 3.04. The molecule has 4 rings (SSSR count). The summed E-state index contributed by atoms with van der Waals surface area (Å²) in [6.45, 7) is 4.02. The van der Waals surface area contributed by atoms with Crippen LogP contribution in [0.2, 0.25) is 0 Å². The van der Waals surface area contributed by atoms with Crippen LogP contribution >= 0.6 is 0 Å². The predicted octanol–water partition coefficient (Wildman–Crippen LogP) is 3.16. The molecule has 29 heavy (non-hydrogen) atoms. The average Bonchev–Trinajstić information content (AvgIpc) is 2.76. The summed E-state index contributed by atoms with van der Waals surface area (Å²) in [7, 11) is 1.55. The molecule has 0 saturated heterocycles. The number of aromatic nitrogens is 2. The Hall–Kier alpha value is -2.99. The predicted molar refractivity (Wildman–Crippen MR) is 111 cm³/mol. The zero-order valence-electron chi connectivity index (χ0n) is 16.9. The summed E-state index contributed by atoms with van der Waals surface area (Å²) in [4.78, 5) is 31.6. The van der Waals surface area contributed by atoms with E-state index in [1.54, 1.807) is 17.7 Å².